The number of aryl methyl sites for hydroxylation is 1. The number of halogens is 4. The van der Waals surface area contributed by atoms with E-state index in [0.717, 1.165) is 23.4 Å². The topological polar surface area (TPSA) is 66.3 Å². The van der Waals surface area contributed by atoms with Gasteiger partial charge < -0.3 is 9.73 Å². The van der Waals surface area contributed by atoms with Gasteiger partial charge in [0.15, 0.2) is 10.9 Å². The molecule has 3 rings (SSSR count). The van der Waals surface area contributed by atoms with E-state index in [1.54, 1.807) is 0 Å². The maximum atomic E-state index is 13.0. The minimum Gasteiger partial charge on any atom is -0.451 e. The van der Waals surface area contributed by atoms with E-state index >= 15 is 0 Å². The average Bonchev–Trinajstić information content (AvgIpc) is 3.18. The molecule has 0 saturated heterocycles. The van der Waals surface area contributed by atoms with E-state index in [9.17, 15) is 18.0 Å². The van der Waals surface area contributed by atoms with Crippen LogP contribution >= 0.6 is 23.8 Å². The summed E-state index contributed by atoms with van der Waals surface area (Å²) in [6.07, 6.45) is -4.61. The zero-order chi connectivity index (χ0) is 21.9. The molecule has 10 heteroatoms. The number of rotatable bonds is 3. The third-order valence-electron chi connectivity index (χ3n) is 4.07. The Bertz CT molecular complexity index is 1100. The average molecular weight is 454 g/mol. The predicted molar refractivity (Wildman–Crippen MR) is 112 cm³/mol. The first-order valence-electron chi connectivity index (χ1n) is 8.55. The lowest BCUT2D eigenvalue weighted by Gasteiger charge is -2.12. The molecule has 0 aliphatic carbocycles. The van der Waals surface area contributed by atoms with Crippen molar-refractivity contribution < 1.29 is 22.4 Å². The van der Waals surface area contributed by atoms with Gasteiger partial charge in [-0.1, -0.05) is 29.8 Å². The van der Waals surface area contributed by atoms with Crippen LogP contribution in [0.4, 0.5) is 18.9 Å². The maximum absolute atomic E-state index is 13.0. The fourth-order valence-corrected chi connectivity index (χ4v) is 2.94. The van der Waals surface area contributed by atoms with Crippen LogP contribution in [-0.4, -0.2) is 11.0 Å². The summed E-state index contributed by atoms with van der Waals surface area (Å²) < 4.78 is 44.5. The van der Waals surface area contributed by atoms with Crippen molar-refractivity contribution in [2.24, 2.45) is 0 Å². The second-order valence-electron chi connectivity index (χ2n) is 6.20. The number of benzene rings is 2. The summed E-state index contributed by atoms with van der Waals surface area (Å²) in [6, 6.07) is 13.5. The summed E-state index contributed by atoms with van der Waals surface area (Å²) in [5, 5.41) is 2.66. The van der Waals surface area contributed by atoms with Crippen molar-refractivity contribution in [3.8, 4) is 11.3 Å². The molecule has 0 atom stereocenters. The number of hydrogen-bond acceptors (Lipinski definition) is 3. The van der Waals surface area contributed by atoms with Gasteiger partial charge in [0.2, 0.25) is 0 Å². The second-order valence-corrected chi connectivity index (χ2v) is 7.02. The van der Waals surface area contributed by atoms with Crippen LogP contribution < -0.4 is 16.2 Å². The molecule has 1 heterocycles. The fourth-order valence-electron chi connectivity index (χ4n) is 2.55. The highest BCUT2D eigenvalue weighted by atomic mass is 35.5. The zero-order valence-electron chi connectivity index (χ0n) is 15.4. The van der Waals surface area contributed by atoms with Gasteiger partial charge in [0.1, 0.15) is 5.76 Å². The molecule has 2 aromatic carbocycles. The molecule has 0 bridgehead atoms. The Hall–Kier alpha value is -3.04. The van der Waals surface area contributed by atoms with Crippen LogP contribution in [0.1, 0.15) is 21.7 Å². The summed E-state index contributed by atoms with van der Waals surface area (Å²) >= 11 is 10.7. The van der Waals surface area contributed by atoms with Crippen molar-refractivity contribution >= 4 is 40.5 Å². The summed E-state index contributed by atoms with van der Waals surface area (Å²) in [5.41, 5.74) is 5.78. The van der Waals surface area contributed by atoms with Crippen molar-refractivity contribution in [1.29, 1.82) is 0 Å². The molecule has 0 aliphatic heterocycles. The molecule has 0 unspecified atom stereocenters. The largest absolute Gasteiger partial charge is 0.451 e. The number of carbonyl (C=O) groups excluding carboxylic acids is 1. The second kappa shape index (κ2) is 8.76. The molecule has 0 aliphatic rings. The van der Waals surface area contributed by atoms with Crippen LogP contribution in [-0.2, 0) is 6.18 Å². The van der Waals surface area contributed by atoms with E-state index in [1.807, 2.05) is 31.2 Å². The van der Waals surface area contributed by atoms with Gasteiger partial charge in [0.05, 0.1) is 10.6 Å². The Morgan fingerprint density at radius 1 is 1.07 bits per heavy atom. The van der Waals surface area contributed by atoms with Gasteiger partial charge in [-0.25, -0.2) is 0 Å². The van der Waals surface area contributed by atoms with E-state index in [-0.39, 0.29) is 22.2 Å². The standard InChI is InChI=1S/C20H15ClF3N3O2S/c1-11-4-2-3-5-15(11)25-19(30)27-26-18(28)17-9-8-16(29-17)12-6-7-14(21)13(10-12)20(22,23)24/h2-10H,1H3,(H,26,28)(H2,25,27,30). The maximum Gasteiger partial charge on any atom is 0.417 e. The van der Waals surface area contributed by atoms with Gasteiger partial charge in [-0.05, 0) is 61.1 Å². The molecule has 0 spiro atoms. The van der Waals surface area contributed by atoms with Gasteiger partial charge >= 0.3 is 12.1 Å². The third kappa shape index (κ3) is 5.11. The predicted octanol–water partition coefficient (Wildman–Crippen LogP) is 5.56. The fraction of sp³-hybridized carbons (Fsp3) is 0.100. The number of carbonyl (C=O) groups is 1. The molecular weight excluding hydrogens is 439 g/mol. The van der Waals surface area contributed by atoms with Gasteiger partial charge in [-0.3, -0.25) is 15.6 Å². The van der Waals surface area contributed by atoms with E-state index in [1.165, 1.54) is 18.2 Å². The quantitative estimate of drug-likeness (QED) is 0.358. The first kappa shape index (κ1) is 21.7. The molecule has 5 nitrogen and oxygen atoms in total. The summed E-state index contributed by atoms with van der Waals surface area (Å²) in [4.78, 5) is 12.2. The minimum absolute atomic E-state index is 0.0860. The highest BCUT2D eigenvalue weighted by Crippen LogP contribution is 2.37. The lowest BCUT2D eigenvalue weighted by molar-refractivity contribution is -0.137. The van der Waals surface area contributed by atoms with Crippen molar-refractivity contribution in [2.45, 2.75) is 13.1 Å². The molecule has 3 N–H and O–H groups in total. The van der Waals surface area contributed by atoms with Crippen molar-refractivity contribution in [3.63, 3.8) is 0 Å². The number of hydrogen-bond donors (Lipinski definition) is 3. The third-order valence-corrected chi connectivity index (χ3v) is 4.60. The molecule has 3 aromatic rings. The molecule has 1 amide bonds. The molecular formula is C20H15ClF3N3O2S. The molecule has 1 aromatic heterocycles. The van der Waals surface area contributed by atoms with Crippen molar-refractivity contribution in [1.82, 2.24) is 10.9 Å². The van der Waals surface area contributed by atoms with Gasteiger partial charge in [-0.2, -0.15) is 13.2 Å². The number of nitrogens with one attached hydrogen (secondary N) is 3. The van der Waals surface area contributed by atoms with Crippen LogP contribution in [0.15, 0.2) is 59.0 Å². The first-order valence-corrected chi connectivity index (χ1v) is 9.33. The Balaban J connectivity index is 1.65. The Morgan fingerprint density at radius 2 is 1.80 bits per heavy atom. The summed E-state index contributed by atoms with van der Waals surface area (Å²) in [5.74, 6) is -0.678. The van der Waals surface area contributed by atoms with Crippen LogP contribution in [0.5, 0.6) is 0 Å². The smallest absolute Gasteiger partial charge is 0.417 e. The number of hydrazine groups is 1. The number of furan rings is 1. The van der Waals surface area contributed by atoms with E-state index in [4.69, 9.17) is 28.2 Å². The lowest BCUT2D eigenvalue weighted by Crippen LogP contribution is -2.43. The van der Waals surface area contributed by atoms with Gasteiger partial charge in [0, 0.05) is 11.3 Å². The molecule has 0 radical (unpaired) electrons. The van der Waals surface area contributed by atoms with Gasteiger partial charge in [-0.15, -0.1) is 0 Å². The Kier molecular flexibility index (Phi) is 6.33. The number of alkyl halides is 3. The normalized spacial score (nSPS) is 11.1. The number of amides is 1. The highest BCUT2D eigenvalue weighted by molar-refractivity contribution is 7.80. The molecule has 0 fully saturated rings. The zero-order valence-corrected chi connectivity index (χ0v) is 17.0. The SMILES string of the molecule is Cc1ccccc1NC(=S)NNC(=O)c1ccc(-c2ccc(Cl)c(C(F)(F)F)c2)o1. The van der Waals surface area contributed by atoms with Crippen molar-refractivity contribution in [3.05, 3.63) is 76.5 Å². The molecule has 30 heavy (non-hydrogen) atoms. The monoisotopic (exact) mass is 453 g/mol. The lowest BCUT2D eigenvalue weighted by atomic mass is 10.1. The highest BCUT2D eigenvalue weighted by Gasteiger charge is 2.33. The van der Waals surface area contributed by atoms with Crippen LogP contribution in [0.3, 0.4) is 0 Å². The van der Waals surface area contributed by atoms with E-state index in [2.05, 4.69) is 16.2 Å². The van der Waals surface area contributed by atoms with E-state index < -0.39 is 22.7 Å². The summed E-state index contributed by atoms with van der Waals surface area (Å²) in [6.45, 7) is 1.90. The van der Waals surface area contributed by atoms with Crippen LogP contribution in [0.25, 0.3) is 11.3 Å². The Morgan fingerprint density at radius 3 is 2.50 bits per heavy atom. The van der Waals surface area contributed by atoms with Crippen molar-refractivity contribution in [2.75, 3.05) is 5.32 Å². The first-order chi connectivity index (χ1) is 14.1. The summed E-state index contributed by atoms with van der Waals surface area (Å²) in [7, 11) is 0. The van der Waals surface area contributed by atoms with Crippen LogP contribution in [0.2, 0.25) is 5.02 Å². The Labute approximate surface area is 180 Å². The number of anilines is 1. The van der Waals surface area contributed by atoms with Gasteiger partial charge in [0.25, 0.3) is 0 Å². The van der Waals surface area contributed by atoms with Crippen LogP contribution in [0, 0.1) is 6.92 Å². The van der Waals surface area contributed by atoms with E-state index in [0.29, 0.717) is 0 Å². The molecule has 156 valence electrons. The number of thiocarbonyl (C=S) groups is 1. The minimum atomic E-state index is -4.61. The molecule has 0 saturated carbocycles. The number of para-hydroxylation sites is 1.